The number of hydrogen-bond donors (Lipinski definition) is 2. The van der Waals surface area contributed by atoms with Crippen molar-refractivity contribution >= 4 is 5.91 Å². The van der Waals surface area contributed by atoms with E-state index in [4.69, 9.17) is 4.74 Å². The van der Waals surface area contributed by atoms with E-state index in [-0.39, 0.29) is 18.1 Å². The largest absolute Gasteiger partial charge is 0.374 e. The minimum absolute atomic E-state index is 0.124. The Bertz CT molecular complexity index is 248. The number of likely N-dealkylation sites (N-methyl/N-ethyl adjacent to an activating group) is 1. The van der Waals surface area contributed by atoms with Crippen LogP contribution in [0.15, 0.2) is 0 Å². The highest BCUT2D eigenvalue weighted by molar-refractivity contribution is 5.76. The lowest BCUT2D eigenvalue weighted by atomic mass is 10.2. The van der Waals surface area contributed by atoms with Gasteiger partial charge in [-0.3, -0.25) is 4.79 Å². The molecule has 1 aliphatic rings. The highest BCUT2D eigenvalue weighted by atomic mass is 16.5. The van der Waals surface area contributed by atoms with Crippen LogP contribution in [0.4, 0.5) is 0 Å². The maximum Gasteiger partial charge on any atom is 0.221 e. The second-order valence-electron chi connectivity index (χ2n) is 5.09. The molecule has 1 amide bonds. The van der Waals surface area contributed by atoms with Crippen molar-refractivity contribution in [1.29, 1.82) is 0 Å². The molecule has 0 saturated carbocycles. The van der Waals surface area contributed by atoms with Gasteiger partial charge in [0.05, 0.1) is 12.7 Å². The first-order valence-corrected chi connectivity index (χ1v) is 6.92. The van der Waals surface area contributed by atoms with Gasteiger partial charge in [0.25, 0.3) is 0 Å². The van der Waals surface area contributed by atoms with Crippen molar-refractivity contribution in [1.82, 2.24) is 15.5 Å². The fraction of sp³-hybridized carbons (Fsp3) is 0.923. The number of nitrogens with zero attached hydrogens (tertiary/aromatic N) is 1. The summed E-state index contributed by atoms with van der Waals surface area (Å²) in [7, 11) is 2.11. The first-order chi connectivity index (χ1) is 8.61. The molecule has 2 N–H and O–H groups in total. The van der Waals surface area contributed by atoms with Crippen molar-refractivity contribution in [3.8, 4) is 0 Å². The number of carbonyl (C=O) groups is 1. The van der Waals surface area contributed by atoms with Crippen molar-refractivity contribution in [3.63, 3.8) is 0 Å². The quantitative estimate of drug-likeness (QED) is 0.640. The van der Waals surface area contributed by atoms with Crippen LogP contribution in [0.5, 0.6) is 0 Å². The first kappa shape index (κ1) is 15.4. The van der Waals surface area contributed by atoms with E-state index in [0.717, 1.165) is 32.7 Å². The van der Waals surface area contributed by atoms with Crippen LogP contribution in [0.1, 0.15) is 26.7 Å². The van der Waals surface area contributed by atoms with Crippen molar-refractivity contribution in [2.45, 2.75) is 38.8 Å². The number of carbonyl (C=O) groups excluding carboxylic acids is 1. The Morgan fingerprint density at radius 1 is 1.56 bits per heavy atom. The van der Waals surface area contributed by atoms with Crippen molar-refractivity contribution in [3.05, 3.63) is 0 Å². The Balaban J connectivity index is 2.02. The lowest BCUT2D eigenvalue weighted by molar-refractivity contribution is -0.121. The van der Waals surface area contributed by atoms with Gasteiger partial charge in [-0.1, -0.05) is 6.92 Å². The molecule has 0 spiro atoms. The molecule has 2 unspecified atom stereocenters. The summed E-state index contributed by atoms with van der Waals surface area (Å²) >= 11 is 0. The predicted octanol–water partition coefficient (Wildman–Crippen LogP) is 0.211. The second kappa shape index (κ2) is 8.45. The molecule has 1 heterocycles. The van der Waals surface area contributed by atoms with Crippen LogP contribution < -0.4 is 10.6 Å². The summed E-state index contributed by atoms with van der Waals surface area (Å²) in [5.41, 5.74) is 0. The average Bonchev–Trinajstić information content (AvgIpc) is 2.34. The molecule has 106 valence electrons. The number of morpholine rings is 1. The molecule has 0 radical (unpaired) electrons. The van der Waals surface area contributed by atoms with E-state index in [1.165, 1.54) is 0 Å². The highest BCUT2D eigenvalue weighted by Crippen LogP contribution is 2.01. The average molecular weight is 257 g/mol. The third kappa shape index (κ3) is 6.33. The van der Waals surface area contributed by atoms with E-state index in [0.29, 0.717) is 13.0 Å². The zero-order valence-electron chi connectivity index (χ0n) is 11.9. The van der Waals surface area contributed by atoms with E-state index in [2.05, 4.69) is 29.5 Å². The Kier molecular flexibility index (Phi) is 7.23. The Labute approximate surface area is 110 Å². The zero-order valence-corrected chi connectivity index (χ0v) is 11.9. The molecule has 1 saturated heterocycles. The van der Waals surface area contributed by atoms with E-state index >= 15 is 0 Å². The maximum atomic E-state index is 11.5. The van der Waals surface area contributed by atoms with Crippen molar-refractivity contribution < 1.29 is 9.53 Å². The summed E-state index contributed by atoms with van der Waals surface area (Å²) in [6.45, 7) is 8.40. The van der Waals surface area contributed by atoms with Crippen LogP contribution in [0.3, 0.4) is 0 Å². The third-order valence-corrected chi connectivity index (χ3v) is 3.26. The number of amides is 1. The Hall–Kier alpha value is -0.650. The van der Waals surface area contributed by atoms with E-state index in [9.17, 15) is 4.79 Å². The van der Waals surface area contributed by atoms with Crippen molar-refractivity contribution in [2.75, 3.05) is 39.8 Å². The summed E-state index contributed by atoms with van der Waals surface area (Å²) in [5, 5.41) is 6.24. The van der Waals surface area contributed by atoms with Gasteiger partial charge in [-0.2, -0.15) is 0 Å². The summed E-state index contributed by atoms with van der Waals surface area (Å²) in [6, 6.07) is 0.271. The number of hydrogen-bond acceptors (Lipinski definition) is 4. The fourth-order valence-corrected chi connectivity index (χ4v) is 1.90. The molecule has 5 heteroatoms. The molecule has 0 bridgehead atoms. The SMILES string of the molecule is CCC(C)NC(=O)CCNCC1CN(C)CCO1. The van der Waals surface area contributed by atoms with Gasteiger partial charge < -0.3 is 20.3 Å². The maximum absolute atomic E-state index is 11.5. The second-order valence-corrected chi connectivity index (χ2v) is 5.09. The summed E-state index contributed by atoms with van der Waals surface area (Å²) in [5.74, 6) is 0.124. The molecule has 0 aromatic rings. The van der Waals surface area contributed by atoms with Gasteiger partial charge >= 0.3 is 0 Å². The van der Waals surface area contributed by atoms with Crippen LogP contribution in [0.25, 0.3) is 0 Å². The molecule has 1 fully saturated rings. The van der Waals surface area contributed by atoms with Gasteiger partial charge in [-0.05, 0) is 20.4 Å². The van der Waals surface area contributed by atoms with Gasteiger partial charge in [0.2, 0.25) is 5.91 Å². The topological polar surface area (TPSA) is 53.6 Å². The fourth-order valence-electron chi connectivity index (χ4n) is 1.90. The van der Waals surface area contributed by atoms with Gasteiger partial charge in [0.1, 0.15) is 0 Å². The van der Waals surface area contributed by atoms with Crippen LogP contribution in [0, 0.1) is 0 Å². The van der Waals surface area contributed by atoms with Crippen LogP contribution in [-0.4, -0.2) is 62.8 Å². The molecule has 0 aliphatic carbocycles. The standard InChI is InChI=1S/C13H27N3O2/c1-4-11(2)15-13(17)5-6-14-9-12-10-16(3)7-8-18-12/h11-12,14H,4-10H2,1-3H3,(H,15,17). The van der Waals surface area contributed by atoms with Gasteiger partial charge in [-0.15, -0.1) is 0 Å². The molecule has 1 aliphatic heterocycles. The van der Waals surface area contributed by atoms with Gasteiger partial charge in [-0.25, -0.2) is 0 Å². The molecule has 0 aromatic carbocycles. The van der Waals surface area contributed by atoms with E-state index in [1.807, 2.05) is 6.92 Å². The molecule has 0 aromatic heterocycles. The zero-order chi connectivity index (χ0) is 13.4. The molecule has 2 atom stereocenters. The third-order valence-electron chi connectivity index (χ3n) is 3.26. The summed E-state index contributed by atoms with van der Waals surface area (Å²) in [6.07, 6.45) is 1.76. The summed E-state index contributed by atoms with van der Waals surface area (Å²) in [4.78, 5) is 13.8. The van der Waals surface area contributed by atoms with Gasteiger partial charge in [0, 0.05) is 38.6 Å². The van der Waals surface area contributed by atoms with Crippen LogP contribution >= 0.6 is 0 Å². The molecular weight excluding hydrogens is 230 g/mol. The molecule has 1 rings (SSSR count). The van der Waals surface area contributed by atoms with E-state index in [1.54, 1.807) is 0 Å². The Morgan fingerprint density at radius 2 is 2.33 bits per heavy atom. The summed E-state index contributed by atoms with van der Waals surface area (Å²) < 4.78 is 5.63. The molecule has 18 heavy (non-hydrogen) atoms. The minimum Gasteiger partial charge on any atom is -0.374 e. The monoisotopic (exact) mass is 257 g/mol. The Morgan fingerprint density at radius 3 is 3.00 bits per heavy atom. The molecule has 5 nitrogen and oxygen atoms in total. The first-order valence-electron chi connectivity index (χ1n) is 6.92. The predicted molar refractivity (Wildman–Crippen MR) is 72.6 cm³/mol. The minimum atomic E-state index is 0.124. The van der Waals surface area contributed by atoms with Gasteiger partial charge in [0.15, 0.2) is 0 Å². The van der Waals surface area contributed by atoms with Crippen LogP contribution in [-0.2, 0) is 9.53 Å². The smallest absolute Gasteiger partial charge is 0.221 e. The lowest BCUT2D eigenvalue weighted by Gasteiger charge is -2.30. The van der Waals surface area contributed by atoms with Crippen LogP contribution in [0.2, 0.25) is 0 Å². The number of rotatable bonds is 7. The van der Waals surface area contributed by atoms with E-state index < -0.39 is 0 Å². The normalized spacial score (nSPS) is 22.7. The number of ether oxygens (including phenoxy) is 1. The number of nitrogens with one attached hydrogen (secondary N) is 2. The van der Waals surface area contributed by atoms with Crippen molar-refractivity contribution in [2.24, 2.45) is 0 Å². The highest BCUT2D eigenvalue weighted by Gasteiger charge is 2.16. The lowest BCUT2D eigenvalue weighted by Crippen LogP contribution is -2.45. The molecular formula is C13H27N3O2.